The molecule has 0 bridgehead atoms. The van der Waals surface area contributed by atoms with Gasteiger partial charge in [-0.3, -0.25) is 9.78 Å². The van der Waals surface area contributed by atoms with E-state index in [1.165, 1.54) is 0 Å². The normalized spacial score (nSPS) is 20.4. The van der Waals surface area contributed by atoms with Gasteiger partial charge in [0, 0.05) is 24.6 Å². The maximum absolute atomic E-state index is 11.6. The van der Waals surface area contributed by atoms with Crippen LogP contribution in [0.2, 0.25) is 0 Å². The van der Waals surface area contributed by atoms with Gasteiger partial charge >= 0.3 is 0 Å². The predicted octanol–water partition coefficient (Wildman–Crippen LogP) is 2.57. The summed E-state index contributed by atoms with van der Waals surface area (Å²) in [7, 11) is 0. The summed E-state index contributed by atoms with van der Waals surface area (Å²) in [6.45, 7) is 0. The molecule has 3 atom stereocenters. The highest BCUT2D eigenvalue weighted by Gasteiger charge is 2.31. The molecule has 0 saturated carbocycles. The van der Waals surface area contributed by atoms with E-state index in [4.69, 9.17) is 0 Å². The van der Waals surface area contributed by atoms with Gasteiger partial charge in [0.05, 0.1) is 11.8 Å². The minimum atomic E-state index is -0.635. The van der Waals surface area contributed by atoms with Gasteiger partial charge in [0.25, 0.3) is 0 Å². The lowest BCUT2D eigenvalue weighted by molar-refractivity contribution is -0.119. The fourth-order valence-electron chi connectivity index (χ4n) is 3.11. The second-order valence-electron chi connectivity index (χ2n) is 5.74. The monoisotopic (exact) mass is 296 g/mol. The first-order chi connectivity index (χ1) is 10.7. The smallest absolute Gasteiger partial charge is 0.220 e. The zero-order valence-electron chi connectivity index (χ0n) is 12.4. The van der Waals surface area contributed by atoms with E-state index in [1.807, 2.05) is 36.4 Å². The third-order valence-corrected chi connectivity index (χ3v) is 4.25. The van der Waals surface area contributed by atoms with Gasteiger partial charge in [0.2, 0.25) is 5.91 Å². The number of rotatable bonds is 5. The van der Waals surface area contributed by atoms with Crippen LogP contribution in [0.3, 0.4) is 0 Å². The van der Waals surface area contributed by atoms with Gasteiger partial charge in [-0.15, -0.1) is 0 Å². The van der Waals surface area contributed by atoms with Crippen LogP contribution in [0.1, 0.15) is 42.5 Å². The van der Waals surface area contributed by atoms with Crippen molar-refractivity contribution in [3.63, 3.8) is 0 Å². The molecule has 114 valence electrons. The number of carbonyl (C=O) groups is 1. The van der Waals surface area contributed by atoms with E-state index in [1.54, 1.807) is 6.20 Å². The Morgan fingerprint density at radius 1 is 1.18 bits per heavy atom. The molecular formula is C18H20N2O2. The van der Waals surface area contributed by atoms with Crippen LogP contribution in [0, 0.1) is 0 Å². The number of aliphatic hydroxyl groups excluding tert-OH is 1. The van der Waals surface area contributed by atoms with Crippen molar-refractivity contribution >= 4 is 5.91 Å². The largest absolute Gasteiger partial charge is 0.387 e. The van der Waals surface area contributed by atoms with E-state index < -0.39 is 6.10 Å². The molecule has 1 aliphatic heterocycles. The standard InChI is InChI=1S/C18H20N2O2/c21-17(16-8-4-5-11-19-16)12-14(13-6-2-1-3-7-13)15-9-10-18(22)20-15/h1-8,11,14-15,17,21H,9-10,12H2,(H,20,22)/t14-,15+,17-/m1/s1. The van der Waals surface area contributed by atoms with Crippen molar-refractivity contribution in [3.05, 3.63) is 66.0 Å². The summed E-state index contributed by atoms with van der Waals surface area (Å²) in [5.74, 6) is 0.183. The molecule has 1 aliphatic rings. The number of pyridine rings is 1. The second kappa shape index (κ2) is 6.71. The van der Waals surface area contributed by atoms with Crippen molar-refractivity contribution in [1.82, 2.24) is 10.3 Å². The number of aromatic nitrogens is 1. The second-order valence-corrected chi connectivity index (χ2v) is 5.74. The number of aliphatic hydroxyl groups is 1. The quantitative estimate of drug-likeness (QED) is 0.891. The van der Waals surface area contributed by atoms with Crippen LogP contribution < -0.4 is 5.32 Å². The third kappa shape index (κ3) is 3.34. The van der Waals surface area contributed by atoms with Gasteiger partial charge in [-0.25, -0.2) is 0 Å². The van der Waals surface area contributed by atoms with Crippen LogP contribution in [0.5, 0.6) is 0 Å². The van der Waals surface area contributed by atoms with Crippen LogP contribution in [0.4, 0.5) is 0 Å². The van der Waals surface area contributed by atoms with Gasteiger partial charge in [0.15, 0.2) is 0 Å². The van der Waals surface area contributed by atoms with E-state index in [0.717, 1.165) is 12.0 Å². The molecule has 2 heterocycles. The van der Waals surface area contributed by atoms with E-state index in [9.17, 15) is 9.90 Å². The summed E-state index contributed by atoms with van der Waals surface area (Å²) in [6, 6.07) is 15.7. The van der Waals surface area contributed by atoms with E-state index in [2.05, 4.69) is 22.4 Å². The molecule has 0 aliphatic carbocycles. The molecule has 4 nitrogen and oxygen atoms in total. The first kappa shape index (κ1) is 14.7. The van der Waals surface area contributed by atoms with Crippen molar-refractivity contribution < 1.29 is 9.90 Å². The Balaban J connectivity index is 1.81. The maximum Gasteiger partial charge on any atom is 0.220 e. The Kier molecular flexibility index (Phi) is 4.49. The summed E-state index contributed by atoms with van der Waals surface area (Å²) in [5, 5.41) is 13.5. The topological polar surface area (TPSA) is 62.2 Å². The fraction of sp³-hybridized carbons (Fsp3) is 0.333. The van der Waals surface area contributed by atoms with Crippen LogP contribution in [0.15, 0.2) is 54.7 Å². The molecule has 0 radical (unpaired) electrons. The van der Waals surface area contributed by atoms with Crippen molar-refractivity contribution in [1.29, 1.82) is 0 Å². The van der Waals surface area contributed by atoms with Gasteiger partial charge in [-0.05, 0) is 30.5 Å². The van der Waals surface area contributed by atoms with Crippen molar-refractivity contribution in [3.8, 4) is 0 Å². The molecule has 1 aromatic heterocycles. The van der Waals surface area contributed by atoms with Crippen molar-refractivity contribution in [2.24, 2.45) is 0 Å². The van der Waals surface area contributed by atoms with E-state index in [0.29, 0.717) is 18.5 Å². The Morgan fingerprint density at radius 2 is 1.95 bits per heavy atom. The molecule has 0 spiro atoms. The highest BCUT2D eigenvalue weighted by atomic mass is 16.3. The van der Waals surface area contributed by atoms with Crippen LogP contribution in [-0.2, 0) is 4.79 Å². The van der Waals surface area contributed by atoms with Crippen LogP contribution >= 0.6 is 0 Å². The Hall–Kier alpha value is -2.20. The molecule has 1 fully saturated rings. The highest BCUT2D eigenvalue weighted by Crippen LogP contribution is 2.33. The van der Waals surface area contributed by atoms with E-state index >= 15 is 0 Å². The third-order valence-electron chi connectivity index (χ3n) is 4.25. The molecule has 0 unspecified atom stereocenters. The highest BCUT2D eigenvalue weighted by molar-refractivity contribution is 5.78. The summed E-state index contributed by atoms with van der Waals surface area (Å²) in [4.78, 5) is 15.8. The van der Waals surface area contributed by atoms with Gasteiger partial charge < -0.3 is 10.4 Å². The van der Waals surface area contributed by atoms with E-state index in [-0.39, 0.29) is 17.9 Å². The summed E-state index contributed by atoms with van der Waals surface area (Å²) < 4.78 is 0. The molecular weight excluding hydrogens is 276 g/mol. The van der Waals surface area contributed by atoms with Crippen molar-refractivity contribution in [2.45, 2.75) is 37.3 Å². The van der Waals surface area contributed by atoms with Crippen LogP contribution in [0.25, 0.3) is 0 Å². The minimum Gasteiger partial charge on any atom is -0.387 e. The van der Waals surface area contributed by atoms with Gasteiger partial charge in [0.1, 0.15) is 0 Å². The number of carbonyl (C=O) groups excluding carboxylic acids is 1. The predicted molar refractivity (Wildman–Crippen MR) is 84.2 cm³/mol. The molecule has 4 heteroatoms. The lowest BCUT2D eigenvalue weighted by atomic mass is 9.85. The number of nitrogens with zero attached hydrogens (tertiary/aromatic N) is 1. The minimum absolute atomic E-state index is 0.0771. The Bertz CT molecular complexity index is 615. The van der Waals surface area contributed by atoms with Crippen LogP contribution in [-0.4, -0.2) is 22.0 Å². The number of hydrogen-bond acceptors (Lipinski definition) is 3. The molecule has 3 rings (SSSR count). The molecule has 22 heavy (non-hydrogen) atoms. The number of benzene rings is 1. The molecule has 1 amide bonds. The lowest BCUT2D eigenvalue weighted by Crippen LogP contribution is -2.32. The SMILES string of the molecule is O=C1CC[C@@H]([C@H](C[C@@H](O)c2ccccn2)c2ccccc2)N1. The first-order valence-corrected chi connectivity index (χ1v) is 7.67. The summed E-state index contributed by atoms with van der Waals surface area (Å²) in [5.41, 5.74) is 1.82. The lowest BCUT2D eigenvalue weighted by Gasteiger charge is -2.26. The molecule has 1 aromatic carbocycles. The zero-order chi connectivity index (χ0) is 15.4. The summed E-state index contributed by atoms with van der Waals surface area (Å²) in [6.07, 6.45) is 2.98. The average Bonchev–Trinajstić information content (AvgIpc) is 3.00. The van der Waals surface area contributed by atoms with Gasteiger partial charge in [-0.2, -0.15) is 0 Å². The fourth-order valence-corrected chi connectivity index (χ4v) is 3.11. The first-order valence-electron chi connectivity index (χ1n) is 7.67. The average molecular weight is 296 g/mol. The Morgan fingerprint density at radius 3 is 2.59 bits per heavy atom. The molecule has 1 saturated heterocycles. The molecule has 2 N–H and O–H groups in total. The zero-order valence-corrected chi connectivity index (χ0v) is 12.4. The number of nitrogens with one attached hydrogen (secondary N) is 1. The summed E-state index contributed by atoms with van der Waals surface area (Å²) >= 11 is 0. The maximum atomic E-state index is 11.6. The number of hydrogen-bond donors (Lipinski definition) is 2. The molecule has 2 aromatic rings. The number of amides is 1. The van der Waals surface area contributed by atoms with Gasteiger partial charge in [-0.1, -0.05) is 36.4 Å². The Labute approximate surface area is 130 Å². The van der Waals surface area contributed by atoms with Crippen molar-refractivity contribution in [2.75, 3.05) is 0 Å².